The summed E-state index contributed by atoms with van der Waals surface area (Å²) < 4.78 is 28.1. The minimum atomic E-state index is -0.666. The minimum absolute atomic E-state index is 0.0280. The Balaban J connectivity index is 1.81. The molecule has 0 amide bonds. The number of nitrogens with one attached hydrogen (secondary N) is 1. The van der Waals surface area contributed by atoms with Crippen LogP contribution in [0.15, 0.2) is 42.0 Å². The van der Waals surface area contributed by atoms with Crippen molar-refractivity contribution in [2.45, 2.75) is 5.92 Å². The van der Waals surface area contributed by atoms with E-state index in [4.69, 9.17) is 29.4 Å². The summed E-state index contributed by atoms with van der Waals surface area (Å²) in [5.74, 6) is 1.24. The fourth-order valence-electron chi connectivity index (χ4n) is 3.90. The zero-order valence-electron chi connectivity index (χ0n) is 16.6. The number of aromatic amines is 1. The lowest BCUT2D eigenvalue weighted by molar-refractivity contribution is 0.168. The van der Waals surface area contributed by atoms with Gasteiger partial charge in [0.1, 0.15) is 11.6 Å². The van der Waals surface area contributed by atoms with Crippen LogP contribution in [0, 0.1) is 11.3 Å². The van der Waals surface area contributed by atoms with E-state index >= 15 is 0 Å². The Labute approximate surface area is 176 Å². The Morgan fingerprint density at radius 2 is 2.10 bits per heavy atom. The number of rotatable bonds is 4. The van der Waals surface area contributed by atoms with E-state index in [2.05, 4.69) is 21.3 Å². The van der Waals surface area contributed by atoms with Crippen LogP contribution < -0.4 is 29.4 Å². The number of methoxy groups -OCH3 is 2. The smallest absolute Gasteiger partial charge is 0.244 e. The van der Waals surface area contributed by atoms with E-state index in [0.29, 0.717) is 39.8 Å². The highest BCUT2D eigenvalue weighted by molar-refractivity contribution is 5.74. The number of H-pyrrole nitrogens is 1. The molecular formula is C21H17N5O5. The Morgan fingerprint density at radius 1 is 1.26 bits per heavy atom. The molecule has 0 spiro atoms. The summed E-state index contributed by atoms with van der Waals surface area (Å²) in [7, 11) is 3.04. The van der Waals surface area contributed by atoms with E-state index in [0.717, 1.165) is 5.56 Å². The van der Waals surface area contributed by atoms with Crippen LogP contribution in [0.2, 0.25) is 0 Å². The van der Waals surface area contributed by atoms with Gasteiger partial charge in [-0.1, -0.05) is 0 Å². The standard InChI is InChI=1S/C21H17N5O5/c1-27-13-6-11(17(28-2)19-18(13)29-9-30-19)14-12(7-22)20(23)31-21-15(14)16(25-26-21)10-4-3-5-24-8-10/h3-6,8,14H,9,23H2,1-2H3,(H,25,26)/t14-/m0/s1. The lowest BCUT2D eigenvalue weighted by Crippen LogP contribution is -2.21. The molecule has 2 aliphatic heterocycles. The molecule has 0 aliphatic carbocycles. The Hall–Kier alpha value is -4.39. The van der Waals surface area contributed by atoms with Crippen LogP contribution >= 0.6 is 0 Å². The normalized spacial score (nSPS) is 16.4. The highest BCUT2D eigenvalue weighted by atomic mass is 16.7. The first-order chi connectivity index (χ1) is 15.2. The number of nitrogens with zero attached hydrogens (tertiary/aromatic N) is 3. The van der Waals surface area contributed by atoms with E-state index in [1.807, 2.05) is 6.07 Å². The Kier molecular flexibility index (Phi) is 4.29. The molecule has 4 heterocycles. The first kappa shape index (κ1) is 18.6. The second kappa shape index (κ2) is 7.14. The fraction of sp³-hybridized carbons (Fsp3) is 0.190. The highest BCUT2D eigenvalue weighted by Crippen LogP contribution is 2.55. The monoisotopic (exact) mass is 419 g/mol. The lowest BCUT2D eigenvalue weighted by Gasteiger charge is -2.26. The number of fused-ring (bicyclic) bond motifs is 2. The van der Waals surface area contributed by atoms with Gasteiger partial charge in [0, 0.05) is 23.5 Å². The van der Waals surface area contributed by atoms with Gasteiger partial charge < -0.3 is 29.4 Å². The van der Waals surface area contributed by atoms with E-state index in [-0.39, 0.29) is 24.1 Å². The minimum Gasteiger partial charge on any atom is -0.493 e. The Morgan fingerprint density at radius 3 is 2.81 bits per heavy atom. The van der Waals surface area contributed by atoms with E-state index in [1.165, 1.54) is 14.2 Å². The molecule has 0 fully saturated rings. The first-order valence-electron chi connectivity index (χ1n) is 9.28. The number of allylic oxidation sites excluding steroid dienone is 1. The number of benzene rings is 1. The van der Waals surface area contributed by atoms with Gasteiger partial charge in [0.2, 0.25) is 30.1 Å². The Bertz CT molecular complexity index is 1250. The second-order valence-electron chi connectivity index (χ2n) is 6.75. The van der Waals surface area contributed by atoms with E-state index < -0.39 is 5.92 Å². The van der Waals surface area contributed by atoms with Crippen LogP contribution in [0.3, 0.4) is 0 Å². The summed E-state index contributed by atoms with van der Waals surface area (Å²) >= 11 is 0. The lowest BCUT2D eigenvalue weighted by atomic mass is 9.82. The summed E-state index contributed by atoms with van der Waals surface area (Å²) in [5, 5.41) is 17.2. The zero-order valence-corrected chi connectivity index (χ0v) is 16.6. The zero-order chi connectivity index (χ0) is 21.5. The van der Waals surface area contributed by atoms with E-state index in [1.54, 1.807) is 24.5 Å². The van der Waals surface area contributed by atoms with E-state index in [9.17, 15) is 5.26 Å². The molecule has 2 aromatic heterocycles. The van der Waals surface area contributed by atoms with Gasteiger partial charge in [-0.3, -0.25) is 10.1 Å². The number of hydrogen-bond donors (Lipinski definition) is 2. The number of hydrogen-bond acceptors (Lipinski definition) is 9. The summed E-state index contributed by atoms with van der Waals surface area (Å²) in [6, 6.07) is 7.60. The largest absolute Gasteiger partial charge is 0.493 e. The van der Waals surface area contributed by atoms with Gasteiger partial charge in [0.05, 0.1) is 31.4 Å². The predicted octanol–water partition coefficient (Wildman–Crippen LogP) is 2.44. The average Bonchev–Trinajstić information content (AvgIpc) is 3.45. The van der Waals surface area contributed by atoms with Crippen molar-refractivity contribution in [1.29, 1.82) is 5.26 Å². The van der Waals surface area contributed by atoms with Gasteiger partial charge in [-0.15, -0.1) is 5.10 Å². The second-order valence-corrected chi connectivity index (χ2v) is 6.75. The fourth-order valence-corrected chi connectivity index (χ4v) is 3.90. The molecule has 10 nitrogen and oxygen atoms in total. The van der Waals surface area contributed by atoms with Crippen molar-refractivity contribution in [3.63, 3.8) is 0 Å². The predicted molar refractivity (Wildman–Crippen MR) is 107 cm³/mol. The number of pyridine rings is 1. The molecule has 10 heteroatoms. The van der Waals surface area contributed by atoms with Crippen LogP contribution in [0.1, 0.15) is 17.0 Å². The molecule has 0 unspecified atom stereocenters. The topological polar surface area (TPSA) is 138 Å². The van der Waals surface area contributed by atoms with Gasteiger partial charge in [0.25, 0.3) is 0 Å². The maximum Gasteiger partial charge on any atom is 0.244 e. The summed E-state index contributed by atoms with van der Waals surface area (Å²) in [5.41, 5.74) is 8.94. The molecule has 31 heavy (non-hydrogen) atoms. The van der Waals surface area contributed by atoms with Gasteiger partial charge in [0.15, 0.2) is 11.5 Å². The van der Waals surface area contributed by atoms with Crippen LogP contribution in [0.25, 0.3) is 11.3 Å². The molecule has 156 valence electrons. The van der Waals surface area contributed by atoms with Crippen LogP contribution in [0.4, 0.5) is 0 Å². The molecular weight excluding hydrogens is 402 g/mol. The van der Waals surface area contributed by atoms with Crippen molar-refractivity contribution in [3.8, 4) is 46.2 Å². The molecule has 0 bridgehead atoms. The third-order valence-corrected chi connectivity index (χ3v) is 5.22. The molecule has 0 saturated heterocycles. The molecule has 0 radical (unpaired) electrons. The number of aromatic nitrogens is 3. The van der Waals surface area contributed by atoms with Crippen molar-refractivity contribution in [1.82, 2.24) is 15.2 Å². The van der Waals surface area contributed by atoms with Gasteiger partial charge in [-0.2, -0.15) is 5.26 Å². The third-order valence-electron chi connectivity index (χ3n) is 5.22. The SMILES string of the molecule is COc1cc([C@H]2C(C#N)=C(N)Oc3n[nH]c(-c4cccnc4)c32)c(OC)c2c1OCO2. The number of nitriles is 1. The summed E-state index contributed by atoms with van der Waals surface area (Å²) in [6.45, 7) is 0.0280. The molecule has 5 rings (SSSR count). The molecule has 2 aliphatic rings. The maximum absolute atomic E-state index is 9.96. The summed E-state index contributed by atoms with van der Waals surface area (Å²) in [4.78, 5) is 4.18. The van der Waals surface area contributed by atoms with Crippen LogP contribution in [0.5, 0.6) is 28.9 Å². The van der Waals surface area contributed by atoms with Crippen molar-refractivity contribution < 1.29 is 23.7 Å². The van der Waals surface area contributed by atoms with Gasteiger partial charge in [-0.25, -0.2) is 0 Å². The van der Waals surface area contributed by atoms with Crippen molar-refractivity contribution in [2.24, 2.45) is 5.73 Å². The van der Waals surface area contributed by atoms with Crippen molar-refractivity contribution in [2.75, 3.05) is 21.0 Å². The number of ether oxygens (including phenoxy) is 5. The molecule has 0 saturated carbocycles. The average molecular weight is 419 g/mol. The quantitative estimate of drug-likeness (QED) is 0.653. The van der Waals surface area contributed by atoms with Crippen LogP contribution in [-0.4, -0.2) is 36.2 Å². The first-order valence-corrected chi connectivity index (χ1v) is 9.28. The van der Waals surface area contributed by atoms with Crippen molar-refractivity contribution >= 4 is 0 Å². The molecule has 1 aromatic carbocycles. The van der Waals surface area contributed by atoms with Crippen LogP contribution in [-0.2, 0) is 0 Å². The molecule has 1 atom stereocenters. The maximum atomic E-state index is 9.96. The summed E-state index contributed by atoms with van der Waals surface area (Å²) in [6.07, 6.45) is 3.36. The molecule has 3 N–H and O–H groups in total. The van der Waals surface area contributed by atoms with Crippen molar-refractivity contribution in [3.05, 3.63) is 53.2 Å². The highest BCUT2D eigenvalue weighted by Gasteiger charge is 2.40. The van der Waals surface area contributed by atoms with Gasteiger partial charge >= 0.3 is 0 Å². The number of nitrogens with two attached hydrogens (primary N) is 1. The third kappa shape index (κ3) is 2.71. The molecule has 3 aromatic rings. The van der Waals surface area contributed by atoms with Gasteiger partial charge in [-0.05, 0) is 18.2 Å².